The molecule has 4 rings (SSSR count). The van der Waals surface area contributed by atoms with Crippen molar-refractivity contribution in [3.63, 3.8) is 0 Å². The van der Waals surface area contributed by atoms with Crippen LogP contribution in [0.15, 0.2) is 22.4 Å². The molecule has 1 fully saturated rings. The third kappa shape index (κ3) is 3.91. The van der Waals surface area contributed by atoms with Crippen molar-refractivity contribution in [2.75, 3.05) is 24.5 Å². The summed E-state index contributed by atoms with van der Waals surface area (Å²) in [6.07, 6.45) is 11.8. The molecule has 2 aliphatic rings. The number of fused-ring (bicyclic) bond motifs is 1. The SMILES string of the molecule is Cc1oc2ncnc(N3CCC[C@@H](C(=O)NCCC4=CCCCC4)C3)c2c1C. The van der Waals surface area contributed by atoms with Gasteiger partial charge in [-0.1, -0.05) is 11.6 Å². The number of anilines is 1. The molecule has 1 N–H and O–H groups in total. The minimum Gasteiger partial charge on any atom is -0.443 e. The maximum Gasteiger partial charge on any atom is 0.231 e. The average Bonchev–Trinajstić information content (AvgIpc) is 3.03. The van der Waals surface area contributed by atoms with Gasteiger partial charge in [-0.2, -0.15) is 0 Å². The first kappa shape index (κ1) is 19.0. The van der Waals surface area contributed by atoms with Gasteiger partial charge in [-0.3, -0.25) is 4.79 Å². The van der Waals surface area contributed by atoms with Gasteiger partial charge in [0.25, 0.3) is 0 Å². The van der Waals surface area contributed by atoms with Crippen molar-refractivity contribution in [2.45, 2.75) is 58.8 Å². The van der Waals surface area contributed by atoms with Gasteiger partial charge in [0.2, 0.25) is 11.6 Å². The number of piperidine rings is 1. The molecule has 1 aliphatic heterocycles. The predicted molar refractivity (Wildman–Crippen MR) is 110 cm³/mol. The predicted octanol–water partition coefficient (Wildman–Crippen LogP) is 4.06. The number of aromatic nitrogens is 2. The number of rotatable bonds is 5. The Kier molecular flexibility index (Phi) is 5.64. The first-order chi connectivity index (χ1) is 13.6. The quantitative estimate of drug-likeness (QED) is 0.790. The van der Waals surface area contributed by atoms with E-state index >= 15 is 0 Å². The number of carbonyl (C=O) groups is 1. The molecule has 28 heavy (non-hydrogen) atoms. The second-order valence-electron chi connectivity index (χ2n) is 8.10. The van der Waals surface area contributed by atoms with E-state index in [2.05, 4.69) is 26.3 Å². The molecule has 2 aromatic heterocycles. The number of amides is 1. The molecule has 0 radical (unpaired) electrons. The molecule has 150 valence electrons. The van der Waals surface area contributed by atoms with E-state index in [1.54, 1.807) is 6.33 Å². The zero-order chi connectivity index (χ0) is 19.5. The Labute approximate surface area is 166 Å². The van der Waals surface area contributed by atoms with Crippen molar-refractivity contribution < 1.29 is 9.21 Å². The minimum atomic E-state index is 0.00686. The highest BCUT2D eigenvalue weighted by Gasteiger charge is 2.28. The summed E-state index contributed by atoms with van der Waals surface area (Å²) in [5.74, 6) is 1.95. The molecule has 1 atom stereocenters. The van der Waals surface area contributed by atoms with E-state index in [4.69, 9.17) is 4.42 Å². The summed E-state index contributed by atoms with van der Waals surface area (Å²) in [7, 11) is 0. The molecule has 0 aromatic carbocycles. The maximum absolute atomic E-state index is 12.7. The van der Waals surface area contributed by atoms with Crippen LogP contribution in [-0.2, 0) is 4.79 Å². The van der Waals surface area contributed by atoms with Crippen LogP contribution in [-0.4, -0.2) is 35.5 Å². The Hall–Kier alpha value is -2.37. The highest BCUT2D eigenvalue weighted by Crippen LogP contribution is 2.32. The van der Waals surface area contributed by atoms with Gasteiger partial charge >= 0.3 is 0 Å². The first-order valence-electron chi connectivity index (χ1n) is 10.5. The summed E-state index contributed by atoms with van der Waals surface area (Å²) in [5, 5.41) is 4.14. The molecule has 3 heterocycles. The first-order valence-corrected chi connectivity index (χ1v) is 10.5. The second-order valence-corrected chi connectivity index (χ2v) is 8.10. The normalized spacial score (nSPS) is 20.3. The van der Waals surface area contributed by atoms with Gasteiger partial charge in [0.1, 0.15) is 17.9 Å². The fourth-order valence-electron chi connectivity index (χ4n) is 4.41. The smallest absolute Gasteiger partial charge is 0.231 e. The topological polar surface area (TPSA) is 71.3 Å². The molecule has 2 aromatic rings. The van der Waals surface area contributed by atoms with Crippen LogP contribution in [0.1, 0.15) is 56.3 Å². The molecular weight excluding hydrogens is 352 g/mol. The fourth-order valence-corrected chi connectivity index (χ4v) is 4.41. The highest BCUT2D eigenvalue weighted by molar-refractivity contribution is 5.90. The number of nitrogens with one attached hydrogen (secondary N) is 1. The summed E-state index contributed by atoms with van der Waals surface area (Å²) in [4.78, 5) is 23.8. The van der Waals surface area contributed by atoms with Gasteiger partial charge < -0.3 is 14.6 Å². The van der Waals surface area contributed by atoms with Crippen molar-refractivity contribution in [2.24, 2.45) is 5.92 Å². The molecule has 1 saturated heterocycles. The Morgan fingerprint density at radius 2 is 2.18 bits per heavy atom. The summed E-state index contributed by atoms with van der Waals surface area (Å²) >= 11 is 0. The van der Waals surface area contributed by atoms with Gasteiger partial charge in [-0.25, -0.2) is 9.97 Å². The Bertz CT molecular complexity index is 886. The number of aryl methyl sites for hydroxylation is 2. The van der Waals surface area contributed by atoms with Gasteiger partial charge in [0, 0.05) is 25.2 Å². The van der Waals surface area contributed by atoms with Crippen LogP contribution >= 0.6 is 0 Å². The van der Waals surface area contributed by atoms with E-state index in [-0.39, 0.29) is 11.8 Å². The molecule has 6 heteroatoms. The van der Waals surface area contributed by atoms with Crippen LogP contribution in [0.3, 0.4) is 0 Å². The third-order valence-electron chi connectivity index (χ3n) is 6.17. The molecule has 0 spiro atoms. The second kappa shape index (κ2) is 8.33. The molecule has 0 bridgehead atoms. The van der Waals surface area contributed by atoms with Gasteiger partial charge in [-0.05, 0) is 58.8 Å². The molecule has 1 aliphatic carbocycles. The molecular formula is C22H30N4O2. The lowest BCUT2D eigenvalue weighted by Gasteiger charge is -2.33. The third-order valence-corrected chi connectivity index (χ3v) is 6.17. The fraction of sp³-hybridized carbons (Fsp3) is 0.591. The average molecular weight is 383 g/mol. The largest absolute Gasteiger partial charge is 0.443 e. The van der Waals surface area contributed by atoms with Crippen LogP contribution in [0.4, 0.5) is 5.82 Å². The number of allylic oxidation sites excluding steroid dienone is 1. The molecule has 0 unspecified atom stereocenters. The van der Waals surface area contributed by atoms with Crippen molar-refractivity contribution >= 4 is 22.8 Å². The number of nitrogens with zero attached hydrogens (tertiary/aromatic N) is 3. The van der Waals surface area contributed by atoms with Crippen molar-refractivity contribution in [1.82, 2.24) is 15.3 Å². The minimum absolute atomic E-state index is 0.00686. The lowest BCUT2D eigenvalue weighted by atomic mass is 9.95. The highest BCUT2D eigenvalue weighted by atomic mass is 16.3. The zero-order valence-corrected chi connectivity index (χ0v) is 17.0. The van der Waals surface area contributed by atoms with Crippen molar-refractivity contribution in [1.29, 1.82) is 0 Å². The van der Waals surface area contributed by atoms with Crippen LogP contribution in [0.2, 0.25) is 0 Å². The van der Waals surface area contributed by atoms with E-state index in [0.29, 0.717) is 12.3 Å². The Morgan fingerprint density at radius 3 is 3.00 bits per heavy atom. The van der Waals surface area contributed by atoms with Gasteiger partial charge in [-0.15, -0.1) is 0 Å². The van der Waals surface area contributed by atoms with Crippen LogP contribution < -0.4 is 10.2 Å². The van der Waals surface area contributed by atoms with Crippen LogP contribution in [0, 0.1) is 19.8 Å². The number of hydrogen-bond donors (Lipinski definition) is 1. The summed E-state index contributed by atoms with van der Waals surface area (Å²) in [6, 6.07) is 0. The van der Waals surface area contributed by atoms with E-state index < -0.39 is 0 Å². The maximum atomic E-state index is 12.7. The van der Waals surface area contributed by atoms with Crippen LogP contribution in [0.5, 0.6) is 0 Å². The molecule has 0 saturated carbocycles. The lowest BCUT2D eigenvalue weighted by Crippen LogP contribution is -2.43. The monoisotopic (exact) mass is 382 g/mol. The Morgan fingerprint density at radius 1 is 1.29 bits per heavy atom. The van der Waals surface area contributed by atoms with E-state index in [9.17, 15) is 4.79 Å². The van der Waals surface area contributed by atoms with E-state index in [1.165, 1.54) is 31.3 Å². The summed E-state index contributed by atoms with van der Waals surface area (Å²) in [5.41, 5.74) is 3.22. The van der Waals surface area contributed by atoms with Crippen LogP contribution in [0.25, 0.3) is 11.1 Å². The summed E-state index contributed by atoms with van der Waals surface area (Å²) < 4.78 is 5.75. The zero-order valence-electron chi connectivity index (χ0n) is 17.0. The standard InChI is InChI=1S/C22H30N4O2/c1-15-16(2)28-22-19(15)20(24-14-25-22)26-12-6-9-18(13-26)21(27)23-11-10-17-7-4-3-5-8-17/h7,14,18H,3-6,8-13H2,1-2H3,(H,23,27)/t18-/m1/s1. The number of hydrogen-bond acceptors (Lipinski definition) is 5. The molecule has 6 nitrogen and oxygen atoms in total. The van der Waals surface area contributed by atoms with E-state index in [0.717, 1.165) is 54.9 Å². The number of carbonyl (C=O) groups excluding carboxylic acids is 1. The molecule has 1 amide bonds. The van der Waals surface area contributed by atoms with Gasteiger partial charge in [0.15, 0.2) is 0 Å². The summed E-state index contributed by atoms with van der Waals surface area (Å²) in [6.45, 7) is 6.35. The van der Waals surface area contributed by atoms with Gasteiger partial charge in [0.05, 0.1) is 11.3 Å². The van der Waals surface area contributed by atoms with Crippen molar-refractivity contribution in [3.8, 4) is 0 Å². The number of furan rings is 1. The van der Waals surface area contributed by atoms with Crippen molar-refractivity contribution in [3.05, 3.63) is 29.3 Å². The van der Waals surface area contributed by atoms with E-state index in [1.807, 2.05) is 13.8 Å². The lowest BCUT2D eigenvalue weighted by molar-refractivity contribution is -0.125. The Balaban J connectivity index is 1.40.